The number of pyridine rings is 1. The Morgan fingerprint density at radius 2 is 1.92 bits per heavy atom. The molecule has 0 saturated carbocycles. The van der Waals surface area contributed by atoms with Crippen molar-refractivity contribution in [1.29, 1.82) is 0 Å². The number of aromatic nitrogens is 3. The molecule has 3 rings (SSSR count). The van der Waals surface area contributed by atoms with Crippen molar-refractivity contribution in [3.63, 3.8) is 0 Å². The van der Waals surface area contributed by atoms with E-state index in [0.29, 0.717) is 6.54 Å². The largest absolute Gasteiger partial charge is 0.347 e. The Kier molecular flexibility index (Phi) is 5.21. The van der Waals surface area contributed by atoms with Crippen molar-refractivity contribution in [2.75, 3.05) is 32.7 Å². The molecular weight excluding hydrogens is 336 g/mol. The average Bonchev–Trinajstić information content (AvgIpc) is 2.84. The summed E-state index contributed by atoms with van der Waals surface area (Å²) in [6, 6.07) is 5.91. The summed E-state index contributed by atoms with van der Waals surface area (Å²) in [6.07, 6.45) is 1.95. The average molecular weight is 365 g/mol. The molecule has 2 aromatic heterocycles. The van der Waals surface area contributed by atoms with E-state index in [1.54, 1.807) is 0 Å². The van der Waals surface area contributed by atoms with Gasteiger partial charge in [-0.05, 0) is 45.1 Å². The number of amides is 1. The summed E-state index contributed by atoms with van der Waals surface area (Å²) < 4.78 is 4.59. The molecule has 0 atom stereocenters. The molecule has 1 aliphatic rings. The standard InChI is InChI=1S/C17H26N6OS/c1-17(2,3)18-15(24)12-20-8-10-21(11-9-20)13-23-16(25)22-7-5-4-6-14(22)19-23/h4-7H,8-13H2,1-3H3,(H,18,24)/p+2. The second kappa shape index (κ2) is 7.23. The zero-order valence-corrected chi connectivity index (χ0v) is 16.0. The Morgan fingerprint density at radius 3 is 2.56 bits per heavy atom. The van der Waals surface area contributed by atoms with Gasteiger partial charge >= 0.3 is 0 Å². The van der Waals surface area contributed by atoms with Gasteiger partial charge in [0.25, 0.3) is 5.91 Å². The van der Waals surface area contributed by atoms with Gasteiger partial charge in [0.15, 0.2) is 18.9 Å². The maximum atomic E-state index is 12.1. The second-order valence-electron chi connectivity index (χ2n) is 7.84. The van der Waals surface area contributed by atoms with Crippen LogP contribution in [-0.2, 0) is 11.5 Å². The van der Waals surface area contributed by atoms with Crippen molar-refractivity contribution in [3.8, 4) is 0 Å². The van der Waals surface area contributed by atoms with Crippen molar-refractivity contribution in [2.24, 2.45) is 0 Å². The SMILES string of the molecule is CC(C)(C)NC(=O)C[NH+]1CC[NH+](Cn2nc3ccccn3c2=S)CC1. The van der Waals surface area contributed by atoms with Crippen LogP contribution in [0.25, 0.3) is 5.65 Å². The first-order valence-corrected chi connectivity index (χ1v) is 9.25. The maximum absolute atomic E-state index is 12.1. The highest BCUT2D eigenvalue weighted by Crippen LogP contribution is 2.01. The third-order valence-electron chi connectivity index (χ3n) is 4.45. The first-order chi connectivity index (χ1) is 11.8. The van der Waals surface area contributed by atoms with E-state index in [0.717, 1.165) is 43.3 Å². The zero-order valence-electron chi connectivity index (χ0n) is 15.2. The van der Waals surface area contributed by atoms with Crippen LogP contribution >= 0.6 is 12.2 Å². The summed E-state index contributed by atoms with van der Waals surface area (Å²) in [5.74, 6) is 0.133. The molecule has 2 aromatic rings. The number of rotatable bonds is 4. The van der Waals surface area contributed by atoms with Gasteiger partial charge in [-0.3, -0.25) is 9.20 Å². The molecule has 8 heteroatoms. The summed E-state index contributed by atoms with van der Waals surface area (Å²) in [7, 11) is 0. The van der Waals surface area contributed by atoms with Crippen LogP contribution in [0.5, 0.6) is 0 Å². The lowest BCUT2D eigenvalue weighted by Gasteiger charge is -2.30. The Labute approximate surface area is 153 Å². The molecular formula is C17H28N6OS+2. The van der Waals surface area contributed by atoms with Gasteiger partial charge in [0.1, 0.15) is 26.2 Å². The van der Waals surface area contributed by atoms with Crippen LogP contribution in [0.4, 0.5) is 0 Å². The van der Waals surface area contributed by atoms with Crippen LogP contribution in [0.2, 0.25) is 0 Å². The molecule has 0 radical (unpaired) electrons. The normalized spacial score (nSPS) is 21.4. The molecule has 0 unspecified atom stereocenters. The fraction of sp³-hybridized carbons (Fsp3) is 0.588. The lowest BCUT2D eigenvalue weighted by Crippen LogP contribution is -3.28. The van der Waals surface area contributed by atoms with Gasteiger partial charge in [-0.15, -0.1) is 5.10 Å². The molecule has 136 valence electrons. The number of nitrogens with zero attached hydrogens (tertiary/aromatic N) is 3. The number of fused-ring (bicyclic) bond motifs is 1. The highest BCUT2D eigenvalue weighted by Gasteiger charge is 2.26. The number of nitrogens with one attached hydrogen (secondary N) is 3. The van der Waals surface area contributed by atoms with Gasteiger partial charge in [-0.2, -0.15) is 4.68 Å². The molecule has 0 spiro atoms. The third-order valence-corrected chi connectivity index (χ3v) is 4.86. The third kappa shape index (κ3) is 4.65. The van der Waals surface area contributed by atoms with Gasteiger partial charge < -0.3 is 15.1 Å². The summed E-state index contributed by atoms with van der Waals surface area (Å²) in [5, 5.41) is 7.64. The highest BCUT2D eigenvalue weighted by molar-refractivity contribution is 7.71. The molecule has 1 aliphatic heterocycles. The number of hydrogen-bond acceptors (Lipinski definition) is 3. The second-order valence-corrected chi connectivity index (χ2v) is 8.21. The predicted octanol–water partition coefficient (Wildman–Crippen LogP) is -1.48. The number of quaternary nitrogens is 2. The highest BCUT2D eigenvalue weighted by atomic mass is 32.1. The van der Waals surface area contributed by atoms with Crippen molar-refractivity contribution in [2.45, 2.75) is 33.0 Å². The van der Waals surface area contributed by atoms with Crippen molar-refractivity contribution >= 4 is 23.8 Å². The van der Waals surface area contributed by atoms with Gasteiger partial charge in [-0.25, -0.2) is 0 Å². The van der Waals surface area contributed by atoms with Gasteiger partial charge in [0.2, 0.25) is 4.77 Å². The van der Waals surface area contributed by atoms with Crippen LogP contribution in [0.1, 0.15) is 20.8 Å². The molecule has 3 N–H and O–H groups in total. The fourth-order valence-corrected chi connectivity index (χ4v) is 3.52. The van der Waals surface area contributed by atoms with Gasteiger partial charge in [-0.1, -0.05) is 6.07 Å². The molecule has 7 nitrogen and oxygen atoms in total. The monoisotopic (exact) mass is 364 g/mol. The Morgan fingerprint density at radius 1 is 1.24 bits per heavy atom. The van der Waals surface area contributed by atoms with Crippen LogP contribution in [0.15, 0.2) is 24.4 Å². The topological polar surface area (TPSA) is 60.2 Å². The smallest absolute Gasteiger partial charge is 0.275 e. The molecule has 3 heterocycles. The minimum Gasteiger partial charge on any atom is -0.347 e. The molecule has 1 fully saturated rings. The van der Waals surface area contributed by atoms with E-state index in [1.165, 1.54) is 9.80 Å². The zero-order chi connectivity index (χ0) is 18.0. The number of carbonyl (C=O) groups excluding carboxylic acids is 1. The number of piperazine rings is 1. The number of carbonyl (C=O) groups is 1. The Hall–Kier alpha value is -1.77. The predicted molar refractivity (Wildman–Crippen MR) is 98.2 cm³/mol. The Balaban J connectivity index is 1.53. The summed E-state index contributed by atoms with van der Waals surface area (Å²) in [5.41, 5.74) is 0.721. The summed E-state index contributed by atoms with van der Waals surface area (Å²) in [4.78, 5) is 14.9. The van der Waals surface area contributed by atoms with E-state index in [4.69, 9.17) is 12.2 Å². The minimum absolute atomic E-state index is 0.133. The lowest BCUT2D eigenvalue weighted by molar-refractivity contribution is -1.02. The van der Waals surface area contributed by atoms with Crippen molar-refractivity contribution < 1.29 is 14.6 Å². The van der Waals surface area contributed by atoms with Crippen LogP contribution in [0, 0.1) is 4.77 Å². The van der Waals surface area contributed by atoms with E-state index < -0.39 is 0 Å². The molecule has 0 aromatic carbocycles. The van der Waals surface area contributed by atoms with E-state index in [-0.39, 0.29) is 11.4 Å². The molecule has 0 aliphatic carbocycles. The molecule has 1 saturated heterocycles. The summed E-state index contributed by atoms with van der Waals surface area (Å²) >= 11 is 5.52. The molecule has 0 bridgehead atoms. The Bertz CT molecular complexity index is 797. The fourth-order valence-electron chi connectivity index (χ4n) is 3.26. The van der Waals surface area contributed by atoms with E-state index in [9.17, 15) is 4.79 Å². The van der Waals surface area contributed by atoms with E-state index in [2.05, 4.69) is 10.4 Å². The van der Waals surface area contributed by atoms with Crippen molar-refractivity contribution in [3.05, 3.63) is 29.2 Å². The van der Waals surface area contributed by atoms with Gasteiger partial charge in [0, 0.05) is 11.7 Å². The first kappa shape index (κ1) is 18.0. The van der Waals surface area contributed by atoms with E-state index >= 15 is 0 Å². The molecule has 25 heavy (non-hydrogen) atoms. The van der Waals surface area contributed by atoms with E-state index in [1.807, 2.05) is 54.2 Å². The minimum atomic E-state index is -0.163. The number of hydrogen-bond donors (Lipinski definition) is 3. The first-order valence-electron chi connectivity index (χ1n) is 8.84. The quantitative estimate of drug-likeness (QED) is 0.580. The summed E-state index contributed by atoms with van der Waals surface area (Å²) in [6.45, 7) is 11.4. The van der Waals surface area contributed by atoms with Crippen LogP contribution < -0.4 is 15.1 Å². The van der Waals surface area contributed by atoms with Crippen LogP contribution in [0.3, 0.4) is 0 Å². The lowest BCUT2D eigenvalue weighted by atomic mass is 10.1. The van der Waals surface area contributed by atoms with Crippen LogP contribution in [-0.4, -0.2) is 58.4 Å². The maximum Gasteiger partial charge on any atom is 0.275 e. The molecule has 1 amide bonds. The van der Waals surface area contributed by atoms with Gasteiger partial charge in [0.05, 0.1) is 0 Å². The van der Waals surface area contributed by atoms with Crippen molar-refractivity contribution in [1.82, 2.24) is 19.5 Å².